The van der Waals surface area contributed by atoms with Gasteiger partial charge in [0.05, 0.1) is 6.61 Å². The molecule has 22 heavy (non-hydrogen) atoms. The van der Waals surface area contributed by atoms with Crippen molar-refractivity contribution in [2.24, 2.45) is 17.6 Å². The van der Waals surface area contributed by atoms with E-state index in [0.29, 0.717) is 18.9 Å². The number of rotatable bonds is 6. The van der Waals surface area contributed by atoms with Gasteiger partial charge in [-0.15, -0.1) is 0 Å². The van der Waals surface area contributed by atoms with Crippen molar-refractivity contribution in [3.8, 4) is 0 Å². The smallest absolute Gasteiger partial charge is 0.302 e. The van der Waals surface area contributed by atoms with Crippen LogP contribution in [0.1, 0.15) is 48.5 Å². The molecule has 0 atom stereocenters. The second-order valence-electron chi connectivity index (χ2n) is 6.10. The fourth-order valence-corrected chi connectivity index (χ4v) is 3.04. The van der Waals surface area contributed by atoms with Gasteiger partial charge in [0.2, 0.25) is 0 Å². The summed E-state index contributed by atoms with van der Waals surface area (Å²) in [6, 6.07) is 7.67. The van der Waals surface area contributed by atoms with E-state index in [1.807, 2.05) is 24.3 Å². The minimum Gasteiger partial charge on any atom is -0.466 e. The van der Waals surface area contributed by atoms with Crippen LogP contribution in [-0.2, 0) is 16.0 Å². The van der Waals surface area contributed by atoms with E-state index in [1.54, 1.807) is 0 Å². The highest BCUT2D eigenvalue weighted by Gasteiger charge is 2.26. The van der Waals surface area contributed by atoms with Crippen molar-refractivity contribution in [2.75, 3.05) is 13.2 Å². The van der Waals surface area contributed by atoms with Gasteiger partial charge in [0.1, 0.15) is 0 Å². The Hall–Kier alpha value is -1.68. The maximum absolute atomic E-state index is 12.5. The molecule has 2 rings (SSSR count). The summed E-state index contributed by atoms with van der Waals surface area (Å²) in [5, 5.41) is 0. The topological polar surface area (TPSA) is 69.4 Å². The lowest BCUT2D eigenvalue weighted by molar-refractivity contribution is -0.140. The highest BCUT2D eigenvalue weighted by molar-refractivity contribution is 5.97. The van der Waals surface area contributed by atoms with Crippen molar-refractivity contribution in [3.05, 3.63) is 35.4 Å². The molecule has 1 aliphatic carbocycles. The first kappa shape index (κ1) is 16.7. The molecule has 1 aromatic carbocycles. The Bertz CT molecular complexity index is 502. The normalized spacial score (nSPS) is 21.4. The van der Waals surface area contributed by atoms with E-state index in [0.717, 1.165) is 43.4 Å². The number of Topliss-reactive ketones (excluding diaryl/α,β-unsaturated/α-hetero) is 1. The van der Waals surface area contributed by atoms with Crippen molar-refractivity contribution >= 4 is 11.8 Å². The molecule has 1 aliphatic rings. The molecule has 0 unspecified atom stereocenters. The molecule has 4 nitrogen and oxygen atoms in total. The van der Waals surface area contributed by atoms with Gasteiger partial charge in [0, 0.05) is 24.8 Å². The first-order chi connectivity index (χ1) is 10.6. The number of carbonyl (C=O) groups is 2. The average molecular weight is 303 g/mol. The second-order valence-corrected chi connectivity index (χ2v) is 6.10. The Kier molecular flexibility index (Phi) is 6.13. The second kappa shape index (κ2) is 8.08. The molecule has 0 heterocycles. The maximum Gasteiger partial charge on any atom is 0.302 e. The van der Waals surface area contributed by atoms with Crippen LogP contribution in [0.25, 0.3) is 0 Å². The third-order valence-corrected chi connectivity index (χ3v) is 4.49. The maximum atomic E-state index is 12.5. The molecule has 1 aromatic rings. The Morgan fingerprint density at radius 2 is 1.77 bits per heavy atom. The van der Waals surface area contributed by atoms with Crippen LogP contribution in [0.15, 0.2) is 24.3 Å². The highest BCUT2D eigenvalue weighted by Crippen LogP contribution is 2.30. The van der Waals surface area contributed by atoms with Crippen LogP contribution in [0.4, 0.5) is 0 Å². The van der Waals surface area contributed by atoms with Crippen molar-refractivity contribution in [2.45, 2.75) is 39.0 Å². The predicted octanol–water partition coefficient (Wildman–Crippen LogP) is 2.74. The van der Waals surface area contributed by atoms with E-state index < -0.39 is 0 Å². The molecule has 0 spiro atoms. The lowest BCUT2D eigenvalue weighted by atomic mass is 9.78. The van der Waals surface area contributed by atoms with E-state index in [-0.39, 0.29) is 17.7 Å². The number of ether oxygens (including phenoxy) is 1. The lowest BCUT2D eigenvalue weighted by Crippen LogP contribution is -2.25. The summed E-state index contributed by atoms with van der Waals surface area (Å²) in [5.74, 6) is 0.726. The van der Waals surface area contributed by atoms with Gasteiger partial charge in [-0.3, -0.25) is 9.59 Å². The Morgan fingerprint density at radius 3 is 2.32 bits per heavy atom. The SMILES string of the molecule is CC(=O)OCCc1ccc(C(=O)[C@H]2CC[C@H](CN)CC2)cc1. The summed E-state index contributed by atoms with van der Waals surface area (Å²) in [6.45, 7) is 2.52. The zero-order chi connectivity index (χ0) is 15.9. The molecule has 0 amide bonds. The quantitative estimate of drug-likeness (QED) is 0.648. The third-order valence-electron chi connectivity index (χ3n) is 4.49. The van der Waals surface area contributed by atoms with Crippen LogP contribution in [-0.4, -0.2) is 24.9 Å². The highest BCUT2D eigenvalue weighted by atomic mass is 16.5. The molecule has 1 saturated carbocycles. The standard InChI is InChI=1S/C18H25NO3/c1-13(20)22-11-10-14-2-6-16(7-3-14)18(21)17-8-4-15(12-19)5-9-17/h2-3,6-7,15,17H,4-5,8-12,19H2,1H3/t15-,17-. The van der Waals surface area contributed by atoms with E-state index in [1.165, 1.54) is 6.92 Å². The third kappa shape index (κ3) is 4.67. The first-order valence-corrected chi connectivity index (χ1v) is 8.06. The number of ketones is 1. The van der Waals surface area contributed by atoms with Gasteiger partial charge in [0.15, 0.2) is 5.78 Å². The number of nitrogens with two attached hydrogens (primary N) is 1. The number of carbonyl (C=O) groups excluding carboxylic acids is 2. The molecule has 0 aromatic heterocycles. The lowest BCUT2D eigenvalue weighted by Gasteiger charge is -2.26. The largest absolute Gasteiger partial charge is 0.466 e. The van der Waals surface area contributed by atoms with Gasteiger partial charge < -0.3 is 10.5 Å². The first-order valence-electron chi connectivity index (χ1n) is 8.06. The van der Waals surface area contributed by atoms with E-state index in [9.17, 15) is 9.59 Å². The van der Waals surface area contributed by atoms with Crippen LogP contribution in [0.2, 0.25) is 0 Å². The van der Waals surface area contributed by atoms with Crippen LogP contribution in [0.3, 0.4) is 0 Å². The number of hydrogen-bond donors (Lipinski definition) is 1. The molecule has 2 N–H and O–H groups in total. The summed E-state index contributed by atoms with van der Waals surface area (Å²) in [4.78, 5) is 23.2. The van der Waals surface area contributed by atoms with Gasteiger partial charge in [0.25, 0.3) is 0 Å². The molecule has 0 radical (unpaired) electrons. The van der Waals surface area contributed by atoms with E-state index >= 15 is 0 Å². The summed E-state index contributed by atoms with van der Waals surface area (Å²) < 4.78 is 4.92. The Balaban J connectivity index is 1.87. The molecule has 120 valence electrons. The van der Waals surface area contributed by atoms with Gasteiger partial charge >= 0.3 is 5.97 Å². The Morgan fingerprint density at radius 1 is 1.14 bits per heavy atom. The van der Waals surface area contributed by atoms with Crippen LogP contribution in [0.5, 0.6) is 0 Å². The van der Waals surface area contributed by atoms with E-state index in [2.05, 4.69) is 0 Å². The zero-order valence-corrected chi connectivity index (χ0v) is 13.2. The summed E-state index contributed by atoms with van der Waals surface area (Å²) in [7, 11) is 0. The molecular weight excluding hydrogens is 278 g/mol. The fourth-order valence-electron chi connectivity index (χ4n) is 3.04. The fraction of sp³-hybridized carbons (Fsp3) is 0.556. The van der Waals surface area contributed by atoms with Gasteiger partial charge in [-0.1, -0.05) is 24.3 Å². The molecule has 0 bridgehead atoms. The summed E-state index contributed by atoms with van der Waals surface area (Å²) in [5.41, 5.74) is 7.55. The number of hydrogen-bond acceptors (Lipinski definition) is 4. The van der Waals surface area contributed by atoms with E-state index in [4.69, 9.17) is 10.5 Å². The van der Waals surface area contributed by atoms with Crippen molar-refractivity contribution < 1.29 is 14.3 Å². The monoisotopic (exact) mass is 303 g/mol. The number of esters is 1. The van der Waals surface area contributed by atoms with Crippen LogP contribution >= 0.6 is 0 Å². The number of benzene rings is 1. The molecule has 4 heteroatoms. The minimum atomic E-state index is -0.264. The van der Waals surface area contributed by atoms with Crippen LogP contribution < -0.4 is 5.73 Å². The van der Waals surface area contributed by atoms with Crippen molar-refractivity contribution in [1.82, 2.24) is 0 Å². The molecule has 0 aliphatic heterocycles. The van der Waals surface area contributed by atoms with Gasteiger partial charge in [-0.05, 0) is 43.7 Å². The zero-order valence-electron chi connectivity index (χ0n) is 13.2. The average Bonchev–Trinajstić information content (AvgIpc) is 2.54. The minimum absolute atomic E-state index is 0.148. The summed E-state index contributed by atoms with van der Waals surface area (Å²) >= 11 is 0. The molecule has 0 saturated heterocycles. The van der Waals surface area contributed by atoms with Crippen LogP contribution in [0, 0.1) is 11.8 Å². The van der Waals surface area contributed by atoms with Gasteiger partial charge in [-0.25, -0.2) is 0 Å². The van der Waals surface area contributed by atoms with Gasteiger partial charge in [-0.2, -0.15) is 0 Å². The van der Waals surface area contributed by atoms with Crippen molar-refractivity contribution in [1.29, 1.82) is 0 Å². The molecular formula is C18H25NO3. The van der Waals surface area contributed by atoms with Crippen molar-refractivity contribution in [3.63, 3.8) is 0 Å². The molecule has 1 fully saturated rings. The predicted molar refractivity (Wildman–Crippen MR) is 85.6 cm³/mol. The Labute approximate surface area is 132 Å². The summed E-state index contributed by atoms with van der Waals surface area (Å²) in [6.07, 6.45) is 4.71.